The number of aliphatic hydroxyl groups is 1. The molecule has 2 aliphatic rings. The van der Waals surface area contributed by atoms with Crippen LogP contribution in [-0.2, 0) is 4.79 Å². The van der Waals surface area contributed by atoms with E-state index in [0.717, 1.165) is 25.7 Å². The number of carbonyl (C=O) groups is 1. The van der Waals surface area contributed by atoms with E-state index in [9.17, 15) is 9.90 Å². The topological polar surface area (TPSA) is 66.6 Å². The quantitative estimate of drug-likeness (QED) is 0.753. The molecule has 1 amide bonds. The first kappa shape index (κ1) is 12.8. The van der Waals surface area contributed by atoms with Gasteiger partial charge in [-0.1, -0.05) is 33.1 Å². The molecule has 0 spiro atoms. The van der Waals surface area contributed by atoms with Gasteiger partial charge in [0.05, 0.1) is 18.6 Å². The zero-order chi connectivity index (χ0) is 12.7. The number of nitrogens with zero attached hydrogens (tertiary/aromatic N) is 1. The van der Waals surface area contributed by atoms with Crippen molar-refractivity contribution in [3.05, 3.63) is 0 Å². The van der Waals surface area contributed by atoms with Crippen LogP contribution in [0.25, 0.3) is 0 Å². The average Bonchev–Trinajstić information content (AvgIpc) is 2.24. The van der Waals surface area contributed by atoms with Crippen molar-refractivity contribution in [2.45, 2.75) is 57.1 Å². The maximum Gasteiger partial charge on any atom is 0.242 e. The van der Waals surface area contributed by atoms with Crippen LogP contribution in [0, 0.1) is 5.92 Å². The summed E-state index contributed by atoms with van der Waals surface area (Å²) < 4.78 is 0. The molecule has 0 radical (unpaired) electrons. The molecule has 1 saturated heterocycles. The molecule has 1 aliphatic heterocycles. The van der Waals surface area contributed by atoms with Gasteiger partial charge in [-0.3, -0.25) is 4.79 Å². The van der Waals surface area contributed by atoms with Gasteiger partial charge in [0.25, 0.3) is 0 Å². The molecule has 98 valence electrons. The van der Waals surface area contributed by atoms with Crippen LogP contribution in [0.1, 0.15) is 46.0 Å². The Hall–Kier alpha value is -0.610. The Kier molecular flexibility index (Phi) is 3.21. The van der Waals surface area contributed by atoms with Gasteiger partial charge >= 0.3 is 0 Å². The molecule has 3 N–H and O–H groups in total. The fourth-order valence-corrected chi connectivity index (χ4v) is 2.83. The molecular weight excluding hydrogens is 216 g/mol. The molecule has 17 heavy (non-hydrogen) atoms. The van der Waals surface area contributed by atoms with E-state index in [1.54, 1.807) is 4.90 Å². The third-order valence-corrected chi connectivity index (χ3v) is 4.46. The molecule has 0 bridgehead atoms. The van der Waals surface area contributed by atoms with Crippen molar-refractivity contribution < 1.29 is 9.90 Å². The summed E-state index contributed by atoms with van der Waals surface area (Å²) in [5, 5.41) is 10.2. The van der Waals surface area contributed by atoms with Gasteiger partial charge in [0.2, 0.25) is 5.91 Å². The Labute approximate surface area is 103 Å². The van der Waals surface area contributed by atoms with Gasteiger partial charge < -0.3 is 15.7 Å². The average molecular weight is 240 g/mol. The van der Waals surface area contributed by atoms with Crippen LogP contribution >= 0.6 is 0 Å². The van der Waals surface area contributed by atoms with E-state index >= 15 is 0 Å². The second-order valence-corrected chi connectivity index (χ2v) is 6.14. The van der Waals surface area contributed by atoms with Gasteiger partial charge in [-0.2, -0.15) is 0 Å². The minimum atomic E-state index is -0.694. The molecule has 1 heterocycles. The molecule has 2 rings (SSSR count). The van der Waals surface area contributed by atoms with Crippen molar-refractivity contribution in [1.82, 2.24) is 4.90 Å². The number of hydrogen-bond donors (Lipinski definition) is 2. The standard InChI is InChI=1S/C13H24N2O2/c1-10(2)13(17)8-15(9-13)11(16)12(14)6-4-3-5-7-12/h10,17H,3-9,14H2,1-2H3. The summed E-state index contributed by atoms with van der Waals surface area (Å²) >= 11 is 0. The highest BCUT2D eigenvalue weighted by Crippen LogP contribution is 2.34. The second kappa shape index (κ2) is 4.25. The first-order valence-electron chi connectivity index (χ1n) is 6.68. The van der Waals surface area contributed by atoms with E-state index in [2.05, 4.69) is 0 Å². The Morgan fingerprint density at radius 1 is 1.24 bits per heavy atom. The van der Waals surface area contributed by atoms with Crippen molar-refractivity contribution in [2.24, 2.45) is 11.7 Å². The Morgan fingerprint density at radius 3 is 2.24 bits per heavy atom. The minimum absolute atomic E-state index is 0.0440. The molecule has 0 unspecified atom stereocenters. The third kappa shape index (κ3) is 2.20. The fourth-order valence-electron chi connectivity index (χ4n) is 2.83. The normalized spacial score (nSPS) is 26.8. The molecule has 1 saturated carbocycles. The number of β-amino-alcohol motifs (C(OH)–C–C–N with tert-alkyl or cyclic N) is 1. The number of hydrogen-bond acceptors (Lipinski definition) is 3. The first-order valence-corrected chi connectivity index (χ1v) is 6.68. The van der Waals surface area contributed by atoms with Crippen LogP contribution in [0.15, 0.2) is 0 Å². The van der Waals surface area contributed by atoms with Crippen molar-refractivity contribution in [1.29, 1.82) is 0 Å². The van der Waals surface area contributed by atoms with Gasteiger partial charge in [0.1, 0.15) is 5.60 Å². The lowest BCUT2D eigenvalue weighted by molar-refractivity contribution is -0.170. The molecular formula is C13H24N2O2. The predicted molar refractivity (Wildman–Crippen MR) is 66.4 cm³/mol. The maximum atomic E-state index is 12.3. The highest BCUT2D eigenvalue weighted by Gasteiger charge is 2.50. The lowest BCUT2D eigenvalue weighted by Gasteiger charge is -2.51. The fraction of sp³-hybridized carbons (Fsp3) is 0.923. The van der Waals surface area contributed by atoms with E-state index < -0.39 is 11.1 Å². The van der Waals surface area contributed by atoms with Crippen molar-refractivity contribution >= 4 is 5.91 Å². The van der Waals surface area contributed by atoms with Gasteiger partial charge in [0.15, 0.2) is 0 Å². The van der Waals surface area contributed by atoms with E-state index in [1.807, 2.05) is 13.8 Å². The molecule has 4 heteroatoms. The summed E-state index contributed by atoms with van der Waals surface area (Å²) in [4.78, 5) is 14.0. The zero-order valence-corrected chi connectivity index (χ0v) is 10.9. The third-order valence-electron chi connectivity index (χ3n) is 4.46. The minimum Gasteiger partial charge on any atom is -0.386 e. The maximum absolute atomic E-state index is 12.3. The molecule has 0 aromatic rings. The summed E-state index contributed by atoms with van der Waals surface area (Å²) in [6.45, 7) is 4.87. The molecule has 0 atom stereocenters. The van der Waals surface area contributed by atoms with E-state index in [-0.39, 0.29) is 11.8 Å². The summed E-state index contributed by atoms with van der Waals surface area (Å²) in [6.07, 6.45) is 4.86. The lowest BCUT2D eigenvalue weighted by atomic mass is 9.77. The van der Waals surface area contributed by atoms with Gasteiger partial charge in [-0.15, -0.1) is 0 Å². The highest BCUT2D eigenvalue weighted by molar-refractivity contribution is 5.87. The van der Waals surface area contributed by atoms with E-state index in [0.29, 0.717) is 13.1 Å². The van der Waals surface area contributed by atoms with Crippen molar-refractivity contribution in [3.63, 3.8) is 0 Å². The zero-order valence-electron chi connectivity index (χ0n) is 10.9. The lowest BCUT2D eigenvalue weighted by Crippen LogP contribution is -2.70. The first-order chi connectivity index (χ1) is 7.87. The van der Waals surface area contributed by atoms with Crippen LogP contribution < -0.4 is 5.73 Å². The summed E-state index contributed by atoms with van der Waals surface area (Å²) in [5.41, 5.74) is 4.85. The van der Waals surface area contributed by atoms with Gasteiger partial charge in [0, 0.05) is 0 Å². The monoisotopic (exact) mass is 240 g/mol. The van der Waals surface area contributed by atoms with Crippen LogP contribution in [0.3, 0.4) is 0 Å². The van der Waals surface area contributed by atoms with Crippen LogP contribution in [0.5, 0.6) is 0 Å². The van der Waals surface area contributed by atoms with E-state index in [1.165, 1.54) is 6.42 Å². The van der Waals surface area contributed by atoms with Crippen LogP contribution in [0.2, 0.25) is 0 Å². The van der Waals surface area contributed by atoms with Crippen LogP contribution in [0.4, 0.5) is 0 Å². The molecule has 1 aliphatic carbocycles. The van der Waals surface area contributed by atoms with Crippen LogP contribution in [-0.4, -0.2) is 40.1 Å². The number of rotatable bonds is 2. The summed E-state index contributed by atoms with van der Waals surface area (Å²) in [7, 11) is 0. The summed E-state index contributed by atoms with van der Waals surface area (Å²) in [6, 6.07) is 0. The summed E-state index contributed by atoms with van der Waals surface area (Å²) in [5.74, 6) is 0.231. The molecule has 0 aromatic carbocycles. The molecule has 2 fully saturated rings. The predicted octanol–water partition coefficient (Wildman–Crippen LogP) is 0.877. The Balaban J connectivity index is 1.95. The number of amides is 1. The Morgan fingerprint density at radius 2 is 1.76 bits per heavy atom. The highest BCUT2D eigenvalue weighted by atomic mass is 16.3. The second-order valence-electron chi connectivity index (χ2n) is 6.14. The SMILES string of the molecule is CC(C)C1(O)CN(C(=O)C2(N)CCCCC2)C1. The smallest absolute Gasteiger partial charge is 0.242 e. The van der Waals surface area contributed by atoms with Crippen molar-refractivity contribution in [3.8, 4) is 0 Å². The van der Waals surface area contributed by atoms with Gasteiger partial charge in [-0.25, -0.2) is 0 Å². The largest absolute Gasteiger partial charge is 0.386 e. The Bertz CT molecular complexity index is 303. The molecule has 0 aromatic heterocycles. The number of carbonyl (C=O) groups excluding carboxylic acids is 1. The van der Waals surface area contributed by atoms with Crippen molar-refractivity contribution in [2.75, 3.05) is 13.1 Å². The van der Waals surface area contributed by atoms with E-state index in [4.69, 9.17) is 5.73 Å². The number of likely N-dealkylation sites (tertiary alicyclic amines) is 1. The molecule has 4 nitrogen and oxygen atoms in total. The van der Waals surface area contributed by atoms with Gasteiger partial charge in [-0.05, 0) is 18.8 Å². The number of nitrogens with two attached hydrogens (primary N) is 1.